The fourth-order valence-corrected chi connectivity index (χ4v) is 3.41. The van der Waals surface area contributed by atoms with Crippen LogP contribution in [0.2, 0.25) is 0 Å². The monoisotopic (exact) mass is 325 g/mol. The minimum atomic E-state index is -0.0431. The summed E-state index contributed by atoms with van der Waals surface area (Å²) in [5, 5.41) is 7.26. The van der Waals surface area contributed by atoms with Crippen LogP contribution in [0.25, 0.3) is 0 Å². The average Bonchev–Trinajstić information content (AvgIpc) is 3.14. The van der Waals surface area contributed by atoms with Crippen molar-refractivity contribution in [3.05, 3.63) is 30.5 Å². The maximum absolute atomic E-state index is 11.7. The van der Waals surface area contributed by atoms with Crippen molar-refractivity contribution in [2.75, 3.05) is 36.0 Å². The summed E-state index contributed by atoms with van der Waals surface area (Å²) < 4.78 is 1.96. The third-order valence-corrected chi connectivity index (χ3v) is 4.96. The van der Waals surface area contributed by atoms with Crippen molar-refractivity contribution < 1.29 is 4.79 Å². The number of carbonyl (C=O) groups excluding carboxylic acids is 1. The predicted octanol–water partition coefficient (Wildman–Crippen LogP) is 1.14. The zero-order chi connectivity index (χ0) is 16.1. The van der Waals surface area contributed by atoms with Gasteiger partial charge in [-0.3, -0.25) is 14.6 Å². The van der Waals surface area contributed by atoms with E-state index >= 15 is 0 Å². The molecule has 2 aliphatic heterocycles. The van der Waals surface area contributed by atoms with Crippen LogP contribution in [0.4, 0.5) is 16.3 Å². The highest BCUT2D eigenvalue weighted by molar-refractivity contribution is 5.93. The molecule has 1 aliphatic carbocycles. The van der Waals surface area contributed by atoms with Gasteiger partial charge in [0.05, 0.1) is 23.6 Å². The SMILES string of the molecule is O=C1NCCN1c1cnn(C2CN(c3nccnc3C3CC3)C2)c1. The molecule has 8 heteroatoms. The number of amides is 2. The third-order valence-electron chi connectivity index (χ3n) is 4.96. The first-order chi connectivity index (χ1) is 11.8. The van der Waals surface area contributed by atoms with Gasteiger partial charge in [0.25, 0.3) is 0 Å². The smallest absolute Gasteiger partial charge is 0.322 e. The lowest BCUT2D eigenvalue weighted by Gasteiger charge is -2.40. The van der Waals surface area contributed by atoms with Crippen molar-refractivity contribution in [3.63, 3.8) is 0 Å². The van der Waals surface area contributed by atoms with Gasteiger partial charge in [-0.1, -0.05) is 0 Å². The lowest BCUT2D eigenvalue weighted by molar-refractivity contribution is 0.252. The molecular weight excluding hydrogens is 306 g/mol. The molecule has 0 spiro atoms. The Kier molecular flexibility index (Phi) is 2.97. The van der Waals surface area contributed by atoms with Crippen LogP contribution in [0.3, 0.4) is 0 Å². The number of aromatic nitrogens is 4. The lowest BCUT2D eigenvalue weighted by Crippen LogP contribution is -2.48. The Balaban J connectivity index is 1.29. The minimum Gasteiger partial charge on any atom is -0.351 e. The number of urea groups is 1. The van der Waals surface area contributed by atoms with E-state index in [2.05, 4.69) is 25.3 Å². The second-order valence-electron chi connectivity index (χ2n) is 6.66. The number of nitrogens with one attached hydrogen (secondary N) is 1. The van der Waals surface area contributed by atoms with Crippen molar-refractivity contribution in [1.29, 1.82) is 0 Å². The Hall–Kier alpha value is -2.64. The van der Waals surface area contributed by atoms with Gasteiger partial charge in [0.15, 0.2) is 5.82 Å². The van der Waals surface area contributed by atoms with Crippen LogP contribution in [0.15, 0.2) is 24.8 Å². The van der Waals surface area contributed by atoms with E-state index in [-0.39, 0.29) is 6.03 Å². The number of nitrogens with zero attached hydrogens (tertiary/aromatic N) is 6. The van der Waals surface area contributed by atoms with Crippen LogP contribution < -0.4 is 15.1 Å². The fraction of sp³-hybridized carbons (Fsp3) is 0.500. The van der Waals surface area contributed by atoms with Crippen LogP contribution in [-0.2, 0) is 0 Å². The highest BCUT2D eigenvalue weighted by atomic mass is 16.2. The molecule has 124 valence electrons. The van der Waals surface area contributed by atoms with E-state index in [1.807, 2.05) is 10.9 Å². The van der Waals surface area contributed by atoms with Gasteiger partial charge < -0.3 is 10.2 Å². The van der Waals surface area contributed by atoms with Gasteiger partial charge >= 0.3 is 6.03 Å². The van der Waals surface area contributed by atoms with Gasteiger partial charge in [-0.05, 0) is 12.8 Å². The molecule has 2 saturated heterocycles. The molecule has 0 aromatic carbocycles. The van der Waals surface area contributed by atoms with Gasteiger partial charge in [-0.25, -0.2) is 9.78 Å². The first kappa shape index (κ1) is 13.8. The summed E-state index contributed by atoms with van der Waals surface area (Å²) in [6.07, 6.45) is 9.74. The fourth-order valence-electron chi connectivity index (χ4n) is 3.41. The number of hydrogen-bond acceptors (Lipinski definition) is 5. The zero-order valence-corrected chi connectivity index (χ0v) is 13.3. The van der Waals surface area contributed by atoms with E-state index in [0.29, 0.717) is 25.0 Å². The molecule has 1 saturated carbocycles. The second kappa shape index (κ2) is 5.19. The highest BCUT2D eigenvalue weighted by Gasteiger charge is 2.36. The molecule has 1 N–H and O–H groups in total. The summed E-state index contributed by atoms with van der Waals surface area (Å²) in [7, 11) is 0. The van der Waals surface area contributed by atoms with Crippen LogP contribution >= 0.6 is 0 Å². The topological polar surface area (TPSA) is 79.2 Å². The molecule has 0 atom stereocenters. The summed E-state index contributed by atoms with van der Waals surface area (Å²) in [5.74, 6) is 1.63. The van der Waals surface area contributed by atoms with E-state index in [0.717, 1.165) is 30.3 Å². The van der Waals surface area contributed by atoms with Crippen LogP contribution in [0.5, 0.6) is 0 Å². The van der Waals surface area contributed by atoms with Crippen molar-refractivity contribution in [3.8, 4) is 0 Å². The standard InChI is InChI=1S/C16H19N7O/c24-16-19-5-6-22(16)12-7-20-23(10-12)13-8-21(9-13)15-14(11-1-2-11)17-3-4-18-15/h3-4,7,10-11,13H,1-2,5-6,8-9H2,(H,19,24). The summed E-state index contributed by atoms with van der Waals surface area (Å²) in [6.45, 7) is 3.15. The molecular formula is C16H19N7O. The molecule has 5 rings (SSSR count). The Morgan fingerprint density at radius 1 is 1.17 bits per heavy atom. The van der Waals surface area contributed by atoms with E-state index in [4.69, 9.17) is 0 Å². The van der Waals surface area contributed by atoms with E-state index < -0.39 is 0 Å². The maximum atomic E-state index is 11.7. The largest absolute Gasteiger partial charge is 0.351 e. The number of anilines is 2. The minimum absolute atomic E-state index is 0.0431. The summed E-state index contributed by atoms with van der Waals surface area (Å²) >= 11 is 0. The first-order valence-electron chi connectivity index (χ1n) is 8.45. The molecule has 0 radical (unpaired) electrons. The Bertz CT molecular complexity index is 778. The van der Waals surface area contributed by atoms with Gasteiger partial charge in [0.1, 0.15) is 0 Å². The van der Waals surface area contributed by atoms with Gasteiger partial charge in [-0.15, -0.1) is 0 Å². The van der Waals surface area contributed by atoms with Crippen LogP contribution in [-0.4, -0.2) is 52.0 Å². The average molecular weight is 325 g/mol. The van der Waals surface area contributed by atoms with E-state index in [1.54, 1.807) is 23.5 Å². The third kappa shape index (κ3) is 2.21. The quantitative estimate of drug-likeness (QED) is 0.912. The molecule has 0 unspecified atom stereocenters. The lowest BCUT2D eigenvalue weighted by atomic mass is 10.1. The van der Waals surface area contributed by atoms with Gasteiger partial charge in [0.2, 0.25) is 0 Å². The molecule has 8 nitrogen and oxygen atoms in total. The summed E-state index contributed by atoms with van der Waals surface area (Å²) in [4.78, 5) is 24.8. The molecule has 3 aliphatic rings. The normalized spacial score (nSPS) is 21.1. The first-order valence-corrected chi connectivity index (χ1v) is 8.45. The van der Waals surface area contributed by atoms with Gasteiger partial charge in [-0.2, -0.15) is 5.10 Å². The molecule has 24 heavy (non-hydrogen) atoms. The summed E-state index contributed by atoms with van der Waals surface area (Å²) in [6, 6.07) is 0.275. The zero-order valence-electron chi connectivity index (χ0n) is 13.3. The van der Waals surface area contributed by atoms with E-state index in [9.17, 15) is 4.79 Å². The molecule has 4 heterocycles. The molecule has 0 bridgehead atoms. The molecule has 2 amide bonds. The van der Waals surface area contributed by atoms with E-state index in [1.165, 1.54) is 12.8 Å². The van der Waals surface area contributed by atoms with Gasteiger partial charge in [0, 0.05) is 50.7 Å². The second-order valence-corrected chi connectivity index (χ2v) is 6.66. The van der Waals surface area contributed by atoms with Crippen molar-refractivity contribution in [2.45, 2.75) is 24.8 Å². The summed E-state index contributed by atoms with van der Waals surface area (Å²) in [5.41, 5.74) is 2.01. The number of rotatable bonds is 4. The molecule has 2 aromatic heterocycles. The van der Waals surface area contributed by atoms with Crippen LogP contribution in [0.1, 0.15) is 30.5 Å². The van der Waals surface area contributed by atoms with Crippen molar-refractivity contribution in [2.24, 2.45) is 0 Å². The molecule has 3 fully saturated rings. The van der Waals surface area contributed by atoms with Crippen molar-refractivity contribution >= 4 is 17.5 Å². The number of carbonyl (C=O) groups is 1. The maximum Gasteiger partial charge on any atom is 0.322 e. The van der Waals surface area contributed by atoms with Crippen LogP contribution in [0, 0.1) is 0 Å². The predicted molar refractivity (Wildman–Crippen MR) is 88.2 cm³/mol. The van der Waals surface area contributed by atoms with Crippen molar-refractivity contribution in [1.82, 2.24) is 25.1 Å². The highest BCUT2D eigenvalue weighted by Crippen LogP contribution is 2.43. The Morgan fingerprint density at radius 2 is 2.00 bits per heavy atom. The Morgan fingerprint density at radius 3 is 2.75 bits per heavy atom. The molecule has 2 aromatic rings. The Labute approximate surface area is 139 Å². The number of hydrogen-bond donors (Lipinski definition) is 1.